The van der Waals surface area contributed by atoms with Crippen molar-refractivity contribution in [3.8, 4) is 0 Å². The first kappa shape index (κ1) is 16.9. The highest BCUT2D eigenvalue weighted by atomic mass is 15.1. The second-order valence-electron chi connectivity index (χ2n) is 8.30. The zero-order valence-corrected chi connectivity index (χ0v) is 15.7. The monoisotopic (exact) mass is 322 g/mol. The summed E-state index contributed by atoms with van der Waals surface area (Å²) in [4.78, 5) is 2.31. The highest BCUT2D eigenvalue weighted by Crippen LogP contribution is 2.47. The van der Waals surface area contributed by atoms with E-state index in [4.69, 9.17) is 5.73 Å². The van der Waals surface area contributed by atoms with Crippen LogP contribution in [0.15, 0.2) is 42.5 Å². The van der Waals surface area contributed by atoms with E-state index in [-0.39, 0.29) is 10.8 Å². The number of para-hydroxylation sites is 2. The van der Waals surface area contributed by atoms with Gasteiger partial charge in [0.1, 0.15) is 0 Å². The second kappa shape index (κ2) is 5.84. The summed E-state index contributed by atoms with van der Waals surface area (Å²) in [5.74, 6) is 0. The molecule has 0 bridgehead atoms. The molecule has 0 aliphatic heterocycles. The minimum absolute atomic E-state index is 0.225. The van der Waals surface area contributed by atoms with E-state index in [2.05, 4.69) is 69.9 Å². The Labute approximate surface area is 146 Å². The van der Waals surface area contributed by atoms with Crippen LogP contribution in [0.25, 0.3) is 0 Å². The molecule has 0 saturated heterocycles. The molecule has 24 heavy (non-hydrogen) atoms. The van der Waals surface area contributed by atoms with Gasteiger partial charge in [0.2, 0.25) is 0 Å². The van der Waals surface area contributed by atoms with Crippen LogP contribution in [-0.2, 0) is 10.8 Å². The van der Waals surface area contributed by atoms with E-state index in [1.807, 2.05) is 12.1 Å². The van der Waals surface area contributed by atoms with Crippen LogP contribution in [0, 0.1) is 0 Å². The fraction of sp³-hybridized carbons (Fsp3) is 0.455. The number of nitrogens with two attached hydrogens (primary N) is 1. The van der Waals surface area contributed by atoms with Crippen molar-refractivity contribution in [3.05, 3.63) is 53.6 Å². The first-order valence-electron chi connectivity index (χ1n) is 9.03. The summed E-state index contributed by atoms with van der Waals surface area (Å²) >= 11 is 0. The maximum Gasteiger partial charge on any atom is 0.0644 e. The number of fused-ring (bicyclic) bond motifs is 1. The van der Waals surface area contributed by atoms with Crippen LogP contribution in [0.4, 0.5) is 17.1 Å². The maximum atomic E-state index is 6.23. The minimum atomic E-state index is 0.225. The lowest BCUT2D eigenvalue weighted by Crippen LogP contribution is -2.34. The van der Waals surface area contributed by atoms with Crippen molar-refractivity contribution in [1.29, 1.82) is 0 Å². The molecule has 2 nitrogen and oxygen atoms in total. The molecule has 2 aromatic rings. The molecule has 128 valence electrons. The van der Waals surface area contributed by atoms with Crippen LogP contribution in [0.3, 0.4) is 0 Å². The minimum Gasteiger partial charge on any atom is -0.397 e. The molecule has 2 aromatic carbocycles. The Morgan fingerprint density at radius 1 is 0.917 bits per heavy atom. The standard InChI is InChI=1S/C22H30N2/c1-6-24(20-10-8-7-9-19(20)23)16-11-12-17-18(15-16)22(4,5)14-13-21(17,2)3/h7-12,15H,6,13-14,23H2,1-5H3. The van der Waals surface area contributed by atoms with Crippen LogP contribution in [-0.4, -0.2) is 6.54 Å². The first-order valence-corrected chi connectivity index (χ1v) is 9.03. The topological polar surface area (TPSA) is 29.3 Å². The SMILES string of the molecule is CCN(c1ccc2c(c1)C(C)(C)CCC2(C)C)c1ccccc1N. The molecule has 3 rings (SSSR count). The van der Waals surface area contributed by atoms with Crippen LogP contribution in [0.5, 0.6) is 0 Å². The average Bonchev–Trinajstić information content (AvgIpc) is 2.54. The maximum absolute atomic E-state index is 6.23. The molecule has 1 aliphatic rings. The van der Waals surface area contributed by atoms with Crippen molar-refractivity contribution >= 4 is 17.1 Å². The van der Waals surface area contributed by atoms with Gasteiger partial charge in [-0.1, -0.05) is 45.9 Å². The van der Waals surface area contributed by atoms with E-state index >= 15 is 0 Å². The Balaban J connectivity index is 2.12. The molecule has 2 N–H and O–H groups in total. The van der Waals surface area contributed by atoms with Gasteiger partial charge in [0.05, 0.1) is 11.4 Å². The van der Waals surface area contributed by atoms with E-state index in [0.29, 0.717) is 0 Å². The van der Waals surface area contributed by atoms with E-state index in [1.165, 1.54) is 29.7 Å². The summed E-state index contributed by atoms with van der Waals surface area (Å²) < 4.78 is 0. The molecular weight excluding hydrogens is 292 g/mol. The number of anilines is 3. The zero-order chi connectivity index (χ0) is 17.5. The normalized spacial score (nSPS) is 18.0. The van der Waals surface area contributed by atoms with Crippen molar-refractivity contribution in [2.75, 3.05) is 17.2 Å². The third kappa shape index (κ3) is 2.79. The lowest BCUT2D eigenvalue weighted by molar-refractivity contribution is 0.332. The van der Waals surface area contributed by atoms with Gasteiger partial charge in [-0.3, -0.25) is 0 Å². The molecule has 0 heterocycles. The summed E-state index contributed by atoms with van der Waals surface area (Å²) in [5.41, 5.74) is 12.9. The van der Waals surface area contributed by atoms with Gasteiger partial charge in [-0.15, -0.1) is 0 Å². The number of hydrogen-bond acceptors (Lipinski definition) is 2. The predicted molar refractivity (Wildman–Crippen MR) is 105 cm³/mol. The van der Waals surface area contributed by atoms with Gasteiger partial charge >= 0.3 is 0 Å². The summed E-state index contributed by atoms with van der Waals surface area (Å²) in [5, 5.41) is 0. The van der Waals surface area contributed by atoms with Crippen molar-refractivity contribution in [1.82, 2.24) is 0 Å². The van der Waals surface area contributed by atoms with Gasteiger partial charge in [-0.05, 0) is 66.0 Å². The number of nitrogen functional groups attached to an aromatic ring is 1. The van der Waals surface area contributed by atoms with Crippen LogP contribution < -0.4 is 10.6 Å². The molecule has 0 unspecified atom stereocenters. The summed E-state index contributed by atoms with van der Waals surface area (Å²) in [6.45, 7) is 12.6. The molecule has 0 atom stereocenters. The number of rotatable bonds is 3. The smallest absolute Gasteiger partial charge is 0.0644 e. The third-order valence-corrected chi connectivity index (χ3v) is 5.69. The molecule has 0 saturated carbocycles. The van der Waals surface area contributed by atoms with Crippen LogP contribution >= 0.6 is 0 Å². The number of nitrogens with zero attached hydrogens (tertiary/aromatic N) is 1. The van der Waals surface area contributed by atoms with Crippen LogP contribution in [0.1, 0.15) is 58.6 Å². The molecule has 0 spiro atoms. The fourth-order valence-electron chi connectivity index (χ4n) is 3.97. The highest BCUT2D eigenvalue weighted by molar-refractivity contribution is 5.75. The zero-order valence-electron chi connectivity index (χ0n) is 15.7. The molecule has 1 aliphatic carbocycles. The molecule has 0 amide bonds. The first-order chi connectivity index (χ1) is 11.3. The van der Waals surface area contributed by atoms with Gasteiger partial charge in [0.25, 0.3) is 0 Å². The quantitative estimate of drug-likeness (QED) is 0.726. The van der Waals surface area contributed by atoms with Crippen molar-refractivity contribution in [2.45, 2.75) is 58.3 Å². The van der Waals surface area contributed by atoms with Gasteiger partial charge in [-0.2, -0.15) is 0 Å². The Hall–Kier alpha value is -1.96. The molecular formula is C22H30N2. The largest absolute Gasteiger partial charge is 0.397 e. The van der Waals surface area contributed by atoms with Gasteiger partial charge in [-0.25, -0.2) is 0 Å². The Kier molecular flexibility index (Phi) is 4.11. The third-order valence-electron chi connectivity index (χ3n) is 5.69. The highest BCUT2D eigenvalue weighted by Gasteiger charge is 2.37. The molecule has 0 radical (unpaired) electrons. The summed E-state index contributed by atoms with van der Waals surface area (Å²) in [6, 6.07) is 15.1. The molecule has 0 fully saturated rings. The molecule has 0 aromatic heterocycles. The predicted octanol–water partition coefficient (Wildman–Crippen LogP) is 5.78. The average molecular weight is 322 g/mol. The summed E-state index contributed by atoms with van der Waals surface area (Å²) in [6.07, 6.45) is 2.48. The Morgan fingerprint density at radius 3 is 2.17 bits per heavy atom. The van der Waals surface area contributed by atoms with Crippen molar-refractivity contribution in [3.63, 3.8) is 0 Å². The van der Waals surface area contributed by atoms with E-state index in [0.717, 1.165) is 17.9 Å². The second-order valence-corrected chi connectivity index (χ2v) is 8.30. The van der Waals surface area contributed by atoms with E-state index in [9.17, 15) is 0 Å². The summed E-state index contributed by atoms with van der Waals surface area (Å²) in [7, 11) is 0. The van der Waals surface area contributed by atoms with Crippen molar-refractivity contribution in [2.24, 2.45) is 0 Å². The van der Waals surface area contributed by atoms with Crippen molar-refractivity contribution < 1.29 is 0 Å². The van der Waals surface area contributed by atoms with Crippen LogP contribution in [0.2, 0.25) is 0 Å². The van der Waals surface area contributed by atoms with Gasteiger partial charge in [0.15, 0.2) is 0 Å². The lowest BCUT2D eigenvalue weighted by Gasteiger charge is -2.42. The molecule has 2 heteroatoms. The Bertz CT molecular complexity index is 743. The number of benzene rings is 2. The van der Waals surface area contributed by atoms with Gasteiger partial charge < -0.3 is 10.6 Å². The van der Waals surface area contributed by atoms with E-state index < -0.39 is 0 Å². The number of hydrogen-bond donors (Lipinski definition) is 1. The van der Waals surface area contributed by atoms with Gasteiger partial charge in [0, 0.05) is 12.2 Å². The Morgan fingerprint density at radius 2 is 1.54 bits per heavy atom. The fourth-order valence-corrected chi connectivity index (χ4v) is 3.97. The van der Waals surface area contributed by atoms with E-state index in [1.54, 1.807) is 0 Å². The lowest BCUT2D eigenvalue weighted by atomic mass is 9.63.